The summed E-state index contributed by atoms with van der Waals surface area (Å²) < 4.78 is 6.02. The first kappa shape index (κ1) is 9.25. The van der Waals surface area contributed by atoms with Gasteiger partial charge in [0.25, 0.3) is 0 Å². The van der Waals surface area contributed by atoms with Gasteiger partial charge < -0.3 is 10.2 Å². The van der Waals surface area contributed by atoms with Gasteiger partial charge in [0.2, 0.25) is 0 Å². The number of hydrogen-bond acceptors (Lipinski definition) is 3. The second-order valence-corrected chi connectivity index (χ2v) is 5.38. The van der Waals surface area contributed by atoms with E-state index in [1.54, 1.807) is 0 Å². The van der Waals surface area contributed by atoms with Crippen molar-refractivity contribution in [1.29, 1.82) is 0 Å². The average molecular weight is 218 g/mol. The van der Waals surface area contributed by atoms with E-state index in [2.05, 4.69) is 4.90 Å². The molecule has 1 aromatic heterocycles. The molecule has 4 rings (SSSR count). The van der Waals surface area contributed by atoms with Crippen LogP contribution in [-0.2, 0) is 19.3 Å². The molecule has 0 bridgehead atoms. The molecule has 2 atom stereocenters. The van der Waals surface area contributed by atoms with Crippen LogP contribution in [0.3, 0.4) is 0 Å². The minimum absolute atomic E-state index is 0.321. The minimum Gasteiger partial charge on any atom is -0.465 e. The molecule has 1 fully saturated rings. The fourth-order valence-corrected chi connectivity index (χ4v) is 3.79. The Morgan fingerprint density at radius 1 is 1.12 bits per heavy atom. The Bertz CT molecular complexity index is 437. The number of hydrogen-bond donors (Lipinski definition) is 1. The Morgan fingerprint density at radius 3 is 3.00 bits per heavy atom. The molecule has 1 aliphatic carbocycles. The van der Waals surface area contributed by atoms with Crippen molar-refractivity contribution in [3.05, 3.63) is 22.6 Å². The van der Waals surface area contributed by atoms with Crippen LogP contribution in [0.15, 0.2) is 4.42 Å². The molecule has 0 spiro atoms. The van der Waals surface area contributed by atoms with Crippen LogP contribution >= 0.6 is 0 Å². The lowest BCUT2D eigenvalue weighted by Gasteiger charge is -2.31. The topological polar surface area (TPSA) is 42.4 Å². The Hall–Kier alpha value is -0.800. The molecule has 16 heavy (non-hydrogen) atoms. The van der Waals surface area contributed by atoms with E-state index in [1.165, 1.54) is 42.0 Å². The summed E-state index contributed by atoms with van der Waals surface area (Å²) in [7, 11) is 0. The molecule has 0 saturated carbocycles. The average Bonchev–Trinajstić information content (AvgIpc) is 2.91. The molecule has 3 heteroatoms. The maximum Gasteiger partial charge on any atom is 0.110 e. The first-order valence-corrected chi connectivity index (χ1v) is 6.47. The standard InChI is InChI=1S/C13H18N2O/c14-9-4-6-15-7-5-11-12(13(9)15)8-2-1-3-10(8)16-11/h9,13H,1-7,14H2. The zero-order valence-electron chi connectivity index (χ0n) is 9.54. The number of furan rings is 1. The van der Waals surface area contributed by atoms with E-state index in [9.17, 15) is 0 Å². The van der Waals surface area contributed by atoms with Crippen molar-refractivity contribution in [2.24, 2.45) is 5.73 Å². The monoisotopic (exact) mass is 218 g/mol. The molecule has 3 heterocycles. The van der Waals surface area contributed by atoms with E-state index in [-0.39, 0.29) is 0 Å². The van der Waals surface area contributed by atoms with Crippen molar-refractivity contribution >= 4 is 0 Å². The molecule has 0 amide bonds. The predicted molar refractivity (Wildman–Crippen MR) is 61.3 cm³/mol. The maximum atomic E-state index is 6.27. The molecule has 2 unspecified atom stereocenters. The summed E-state index contributed by atoms with van der Waals surface area (Å²) in [5, 5.41) is 0. The van der Waals surface area contributed by atoms with E-state index in [4.69, 9.17) is 10.2 Å². The molecular weight excluding hydrogens is 200 g/mol. The third-order valence-corrected chi connectivity index (χ3v) is 4.51. The van der Waals surface area contributed by atoms with Gasteiger partial charge in [0.1, 0.15) is 11.5 Å². The first-order valence-electron chi connectivity index (χ1n) is 6.47. The summed E-state index contributed by atoms with van der Waals surface area (Å²) in [4.78, 5) is 2.56. The smallest absolute Gasteiger partial charge is 0.110 e. The van der Waals surface area contributed by atoms with Gasteiger partial charge in [-0.05, 0) is 24.8 Å². The van der Waals surface area contributed by atoms with Gasteiger partial charge in [-0.1, -0.05) is 0 Å². The van der Waals surface area contributed by atoms with Crippen LogP contribution in [0.25, 0.3) is 0 Å². The van der Waals surface area contributed by atoms with Gasteiger partial charge in [-0.2, -0.15) is 0 Å². The second-order valence-electron chi connectivity index (χ2n) is 5.38. The van der Waals surface area contributed by atoms with Crippen molar-refractivity contribution in [1.82, 2.24) is 4.90 Å². The minimum atomic E-state index is 0.321. The van der Waals surface area contributed by atoms with Crippen molar-refractivity contribution in [2.75, 3.05) is 13.1 Å². The lowest BCUT2D eigenvalue weighted by molar-refractivity contribution is 0.220. The molecule has 0 aromatic carbocycles. The van der Waals surface area contributed by atoms with Gasteiger partial charge in [-0.3, -0.25) is 4.90 Å². The van der Waals surface area contributed by atoms with Gasteiger partial charge >= 0.3 is 0 Å². The van der Waals surface area contributed by atoms with Crippen molar-refractivity contribution < 1.29 is 4.42 Å². The Kier molecular flexibility index (Phi) is 1.80. The summed E-state index contributed by atoms with van der Waals surface area (Å²) in [5.74, 6) is 2.52. The maximum absolute atomic E-state index is 6.27. The van der Waals surface area contributed by atoms with Crippen molar-refractivity contribution in [3.63, 3.8) is 0 Å². The van der Waals surface area contributed by atoms with Gasteiger partial charge in [0, 0.05) is 37.5 Å². The second kappa shape index (κ2) is 3.11. The summed E-state index contributed by atoms with van der Waals surface area (Å²) >= 11 is 0. The quantitative estimate of drug-likeness (QED) is 0.715. The van der Waals surface area contributed by atoms with Gasteiger partial charge in [0.15, 0.2) is 0 Å². The molecule has 1 saturated heterocycles. The number of nitrogens with two attached hydrogens (primary N) is 1. The summed E-state index contributed by atoms with van der Waals surface area (Å²) in [5.41, 5.74) is 9.28. The first-order chi connectivity index (χ1) is 7.84. The molecule has 86 valence electrons. The van der Waals surface area contributed by atoms with E-state index in [0.717, 1.165) is 25.8 Å². The van der Waals surface area contributed by atoms with E-state index in [1.807, 2.05) is 0 Å². The summed E-state index contributed by atoms with van der Waals surface area (Å²) in [6.07, 6.45) is 5.86. The van der Waals surface area contributed by atoms with Crippen molar-refractivity contribution in [2.45, 2.75) is 44.2 Å². The predicted octanol–water partition coefficient (Wildman–Crippen LogP) is 1.40. The number of fused-ring (bicyclic) bond motifs is 5. The molecular formula is C13H18N2O. The zero-order valence-corrected chi connectivity index (χ0v) is 9.54. The Morgan fingerprint density at radius 2 is 2.06 bits per heavy atom. The fraction of sp³-hybridized carbons (Fsp3) is 0.692. The molecule has 3 nitrogen and oxygen atoms in total. The molecule has 2 aliphatic heterocycles. The van der Waals surface area contributed by atoms with E-state index >= 15 is 0 Å². The SMILES string of the molecule is NC1CCN2CCc3oc4c(c3C12)CCC4. The van der Waals surface area contributed by atoms with Gasteiger partial charge in [-0.15, -0.1) is 0 Å². The Balaban J connectivity index is 1.87. The highest BCUT2D eigenvalue weighted by molar-refractivity contribution is 5.42. The van der Waals surface area contributed by atoms with Crippen molar-refractivity contribution in [3.8, 4) is 0 Å². The van der Waals surface area contributed by atoms with Crippen LogP contribution in [0.5, 0.6) is 0 Å². The summed E-state index contributed by atoms with van der Waals surface area (Å²) in [6.45, 7) is 2.31. The third kappa shape index (κ3) is 1.05. The van der Waals surface area contributed by atoms with Crippen LogP contribution in [0.1, 0.15) is 41.5 Å². The normalized spacial score (nSPS) is 32.6. The number of rotatable bonds is 0. The fourth-order valence-electron chi connectivity index (χ4n) is 3.79. The third-order valence-electron chi connectivity index (χ3n) is 4.51. The molecule has 2 N–H and O–H groups in total. The lowest BCUT2D eigenvalue weighted by atomic mass is 9.92. The van der Waals surface area contributed by atoms with E-state index < -0.39 is 0 Å². The van der Waals surface area contributed by atoms with Gasteiger partial charge in [-0.25, -0.2) is 0 Å². The van der Waals surface area contributed by atoms with Crippen LogP contribution in [0.2, 0.25) is 0 Å². The molecule has 0 radical (unpaired) electrons. The van der Waals surface area contributed by atoms with Crippen LogP contribution in [0, 0.1) is 0 Å². The van der Waals surface area contributed by atoms with Crippen LogP contribution in [-0.4, -0.2) is 24.0 Å². The number of aryl methyl sites for hydroxylation is 1. The van der Waals surface area contributed by atoms with Gasteiger partial charge in [0.05, 0.1) is 6.04 Å². The number of nitrogens with zero attached hydrogens (tertiary/aromatic N) is 1. The highest BCUT2D eigenvalue weighted by Gasteiger charge is 2.41. The highest BCUT2D eigenvalue weighted by Crippen LogP contribution is 2.43. The van der Waals surface area contributed by atoms with Crippen LogP contribution in [0.4, 0.5) is 0 Å². The Labute approximate surface area is 95.6 Å². The lowest BCUT2D eigenvalue weighted by Crippen LogP contribution is -2.37. The largest absolute Gasteiger partial charge is 0.465 e. The van der Waals surface area contributed by atoms with Crippen LogP contribution < -0.4 is 5.73 Å². The zero-order chi connectivity index (χ0) is 10.7. The molecule has 3 aliphatic rings. The highest BCUT2D eigenvalue weighted by atomic mass is 16.3. The summed E-state index contributed by atoms with van der Waals surface area (Å²) in [6, 6.07) is 0.788. The van der Waals surface area contributed by atoms with E-state index in [0.29, 0.717) is 12.1 Å². The molecule has 1 aromatic rings.